The lowest BCUT2D eigenvalue weighted by Crippen LogP contribution is -2.54. The van der Waals surface area contributed by atoms with Crippen molar-refractivity contribution in [1.29, 1.82) is 0 Å². The molecule has 5 amide bonds. The number of hydrogen-bond donors (Lipinski definition) is 2. The van der Waals surface area contributed by atoms with Crippen LogP contribution in [0.15, 0.2) is 18.2 Å². The van der Waals surface area contributed by atoms with Crippen LogP contribution in [0.4, 0.5) is 0 Å². The molecule has 11 nitrogen and oxygen atoms in total. The van der Waals surface area contributed by atoms with E-state index in [-0.39, 0.29) is 36.3 Å². The number of ether oxygens (including phenoxy) is 2. The van der Waals surface area contributed by atoms with Crippen molar-refractivity contribution in [2.45, 2.75) is 25.3 Å². The van der Waals surface area contributed by atoms with Crippen molar-refractivity contribution < 1.29 is 36.5 Å². The maximum absolute atomic E-state index is 13.0. The molecule has 2 N–H and O–H groups in total. The van der Waals surface area contributed by atoms with Crippen molar-refractivity contribution in [3.63, 3.8) is 0 Å². The molecule has 1 fully saturated rings. The van der Waals surface area contributed by atoms with Crippen LogP contribution in [0.3, 0.4) is 0 Å². The van der Waals surface area contributed by atoms with Crippen LogP contribution in [0.25, 0.3) is 0 Å². The van der Waals surface area contributed by atoms with E-state index in [0.29, 0.717) is 32.8 Å². The summed E-state index contributed by atoms with van der Waals surface area (Å²) in [6.07, 6.45) is 0.704. The highest BCUT2D eigenvalue weighted by Gasteiger charge is 2.46. The second kappa shape index (κ2) is 11.3. The Morgan fingerprint density at radius 2 is 1.97 bits per heavy atom. The van der Waals surface area contributed by atoms with Crippen LogP contribution in [0.5, 0.6) is 5.75 Å². The maximum Gasteiger partial charge on any atom is 0.266 e. The van der Waals surface area contributed by atoms with E-state index in [2.05, 4.69) is 10.6 Å². The van der Waals surface area contributed by atoms with E-state index < -0.39 is 35.6 Å². The first-order valence-electron chi connectivity index (χ1n) is 9.99. The van der Waals surface area contributed by atoms with Gasteiger partial charge in [0, 0.05) is 19.6 Å². The van der Waals surface area contributed by atoms with Crippen LogP contribution in [0, 0.1) is 0 Å². The Morgan fingerprint density at radius 1 is 1.16 bits per heavy atom. The fraction of sp³-hybridized carbons (Fsp3) is 0.450. The second-order valence-corrected chi connectivity index (χ2v) is 7.67. The van der Waals surface area contributed by atoms with Crippen molar-refractivity contribution in [2.24, 2.45) is 0 Å². The van der Waals surface area contributed by atoms with Gasteiger partial charge in [0.05, 0.1) is 24.3 Å². The van der Waals surface area contributed by atoms with E-state index >= 15 is 0 Å². The molecule has 3 rings (SSSR count). The number of nitrogens with one attached hydrogen (secondary N) is 2. The van der Waals surface area contributed by atoms with Crippen LogP contribution in [-0.4, -0.2) is 73.4 Å². The Morgan fingerprint density at radius 3 is 2.72 bits per heavy atom. The molecule has 2 heterocycles. The molecule has 1 aromatic rings. The quantitative estimate of drug-likeness (QED) is 0.225. The number of benzene rings is 1. The van der Waals surface area contributed by atoms with E-state index in [1.165, 1.54) is 18.2 Å². The number of rotatable bonds is 11. The van der Waals surface area contributed by atoms with E-state index in [9.17, 15) is 24.0 Å². The van der Waals surface area contributed by atoms with Gasteiger partial charge in [0.1, 0.15) is 34.8 Å². The minimum atomic E-state index is -1.07. The molecule has 172 valence electrons. The smallest absolute Gasteiger partial charge is 0.266 e. The van der Waals surface area contributed by atoms with Gasteiger partial charge in [-0.25, -0.2) is 0 Å². The zero-order chi connectivity index (χ0) is 23.1. The zero-order valence-corrected chi connectivity index (χ0v) is 19.2. The normalized spacial score (nSPS) is 17.9. The number of nitrogens with zero attached hydrogens (tertiary/aromatic N) is 1. The van der Waals surface area contributed by atoms with E-state index in [0.717, 1.165) is 4.90 Å². The number of fused-ring (bicyclic) bond motifs is 1. The molecule has 0 aliphatic carbocycles. The molecule has 32 heavy (non-hydrogen) atoms. The van der Waals surface area contributed by atoms with Gasteiger partial charge in [0.2, 0.25) is 11.8 Å². The van der Waals surface area contributed by atoms with Crippen LogP contribution < -0.4 is 15.4 Å². The van der Waals surface area contributed by atoms with Crippen molar-refractivity contribution in [3.8, 4) is 5.75 Å². The number of piperidine rings is 1. The monoisotopic (exact) mass is 559 g/mol. The van der Waals surface area contributed by atoms with Gasteiger partial charge in [-0.2, -0.15) is 0 Å². The molecule has 0 radical (unpaired) electrons. The molecule has 0 aromatic heterocycles. The van der Waals surface area contributed by atoms with Crippen molar-refractivity contribution >= 4 is 52.5 Å². The largest absolute Gasteiger partial charge is 0.483 e. The van der Waals surface area contributed by atoms with Gasteiger partial charge in [-0.15, -0.1) is 0 Å². The maximum atomic E-state index is 13.0. The summed E-state index contributed by atoms with van der Waals surface area (Å²) in [6, 6.07) is 3.40. The van der Waals surface area contributed by atoms with E-state index in [4.69, 9.17) is 12.5 Å². The van der Waals surface area contributed by atoms with Crippen molar-refractivity contribution in [2.75, 3.05) is 33.0 Å². The summed E-state index contributed by atoms with van der Waals surface area (Å²) in [5.41, 5.74) is 0.0890. The highest BCUT2D eigenvalue weighted by atomic mass is 127. The van der Waals surface area contributed by atoms with E-state index in [1.54, 1.807) is 23.0 Å². The summed E-state index contributed by atoms with van der Waals surface area (Å²) in [6.45, 7) is 1.48. The van der Waals surface area contributed by atoms with Crippen LogP contribution in [0.2, 0.25) is 0 Å². The van der Waals surface area contributed by atoms with Gasteiger partial charge in [0.15, 0.2) is 6.61 Å². The molecule has 0 spiro atoms. The van der Waals surface area contributed by atoms with Gasteiger partial charge in [-0.05, 0) is 25.0 Å². The average molecular weight is 559 g/mol. The summed E-state index contributed by atoms with van der Waals surface area (Å²) >= 11 is 1.78. The SMILES string of the molecule is O=C(COc1cccc2c1C(=O)N(C1CCC(=O)NC1=O)C2=O)NCCCOCCOI. The predicted molar refractivity (Wildman–Crippen MR) is 117 cm³/mol. The zero-order valence-electron chi connectivity index (χ0n) is 17.1. The number of carbonyl (C=O) groups is 5. The average Bonchev–Trinajstić information content (AvgIpc) is 3.02. The number of amides is 5. The number of carbonyl (C=O) groups excluding carboxylic acids is 5. The standard InChI is InChI=1S/C20H22IN3O8/c21-32-10-9-30-8-2-7-22-16(26)11-31-14-4-1-3-12-17(14)20(29)24(19(12)28)13-5-6-15(25)23-18(13)27/h1,3-4,13H,2,5-11H2,(H,22,26)(H,23,25,27). The molecule has 0 bridgehead atoms. The van der Waals surface area contributed by atoms with Gasteiger partial charge in [-0.3, -0.25) is 34.2 Å². The molecule has 0 saturated carbocycles. The third-order valence-corrected chi connectivity index (χ3v) is 5.32. The summed E-state index contributed by atoms with van der Waals surface area (Å²) in [5.74, 6) is -2.78. The molecule has 12 heteroatoms. The Labute approximate surface area is 197 Å². The lowest BCUT2D eigenvalue weighted by atomic mass is 10.0. The predicted octanol–water partition coefficient (Wildman–Crippen LogP) is 0.356. The lowest BCUT2D eigenvalue weighted by Gasteiger charge is -2.27. The van der Waals surface area contributed by atoms with Gasteiger partial charge >= 0.3 is 0 Å². The van der Waals surface area contributed by atoms with Crippen molar-refractivity contribution in [1.82, 2.24) is 15.5 Å². The fourth-order valence-corrected chi connectivity index (χ4v) is 3.57. The summed E-state index contributed by atoms with van der Waals surface area (Å²) < 4.78 is 15.6. The first-order chi connectivity index (χ1) is 15.4. The number of halogens is 1. The molecule has 1 saturated heterocycles. The third kappa shape index (κ3) is 5.61. The summed E-state index contributed by atoms with van der Waals surface area (Å²) in [5, 5.41) is 4.82. The van der Waals surface area contributed by atoms with Gasteiger partial charge in [-0.1, -0.05) is 6.07 Å². The molecule has 1 unspecified atom stereocenters. The van der Waals surface area contributed by atoms with E-state index in [1.807, 2.05) is 0 Å². The highest BCUT2D eigenvalue weighted by molar-refractivity contribution is 14.1. The minimum absolute atomic E-state index is 0.000817. The second-order valence-electron chi connectivity index (χ2n) is 7.04. The number of hydrogen-bond acceptors (Lipinski definition) is 8. The van der Waals surface area contributed by atoms with Crippen LogP contribution in [-0.2, 0) is 22.2 Å². The van der Waals surface area contributed by atoms with Gasteiger partial charge in [0.25, 0.3) is 17.7 Å². The minimum Gasteiger partial charge on any atom is -0.483 e. The molecule has 1 atom stereocenters. The number of imide groups is 2. The van der Waals surface area contributed by atoms with Crippen LogP contribution in [0.1, 0.15) is 40.0 Å². The van der Waals surface area contributed by atoms with Crippen molar-refractivity contribution in [3.05, 3.63) is 29.3 Å². The first-order valence-corrected chi connectivity index (χ1v) is 10.9. The molecule has 2 aliphatic rings. The third-order valence-electron chi connectivity index (χ3n) is 4.88. The molecular weight excluding hydrogens is 537 g/mol. The Hall–Kier alpha value is -2.58. The fourth-order valence-electron chi connectivity index (χ4n) is 3.39. The lowest BCUT2D eigenvalue weighted by molar-refractivity contribution is -0.136. The first kappa shape index (κ1) is 24.1. The Bertz CT molecular complexity index is 922. The van der Waals surface area contributed by atoms with Gasteiger partial charge < -0.3 is 17.9 Å². The molecule has 2 aliphatic heterocycles. The Balaban J connectivity index is 1.56. The highest BCUT2D eigenvalue weighted by Crippen LogP contribution is 2.33. The molecule has 1 aromatic carbocycles. The summed E-state index contributed by atoms with van der Waals surface area (Å²) in [4.78, 5) is 62.2. The molecular formula is C20H22IN3O8. The Kier molecular flexibility index (Phi) is 8.53. The summed E-state index contributed by atoms with van der Waals surface area (Å²) in [7, 11) is 0. The topological polar surface area (TPSA) is 140 Å². The van der Waals surface area contributed by atoms with Crippen LogP contribution >= 0.6 is 23.0 Å².